The predicted octanol–water partition coefficient (Wildman–Crippen LogP) is 3.52. The van der Waals surface area contributed by atoms with Crippen LogP contribution in [0.5, 0.6) is 5.75 Å². The Hall–Kier alpha value is -1.98. The van der Waals surface area contributed by atoms with Crippen LogP contribution in [-0.2, 0) is 6.54 Å². The highest BCUT2D eigenvalue weighted by Crippen LogP contribution is 2.27. The van der Waals surface area contributed by atoms with E-state index in [9.17, 15) is 4.39 Å². The van der Waals surface area contributed by atoms with E-state index in [1.54, 1.807) is 13.3 Å². The maximum Gasteiger partial charge on any atom is 0.142 e. The first-order valence-corrected chi connectivity index (χ1v) is 8.88. The summed E-state index contributed by atoms with van der Waals surface area (Å²) in [6, 6.07) is 8.63. The van der Waals surface area contributed by atoms with Crippen molar-refractivity contribution in [2.75, 3.05) is 14.2 Å². The molecule has 2 N–H and O–H groups in total. The van der Waals surface area contributed by atoms with Gasteiger partial charge in [0.05, 0.1) is 13.3 Å². The largest absolute Gasteiger partial charge is 0.496 e. The minimum Gasteiger partial charge on any atom is -0.496 e. The van der Waals surface area contributed by atoms with Crippen LogP contribution in [0.4, 0.5) is 4.39 Å². The molecule has 1 aliphatic carbocycles. The fourth-order valence-electron chi connectivity index (χ4n) is 3.51. The Kier molecular flexibility index (Phi) is 6.00. The maximum absolute atomic E-state index is 13.4. The first kappa shape index (κ1) is 17.8. The van der Waals surface area contributed by atoms with Crippen molar-refractivity contribution in [3.63, 3.8) is 0 Å². The molecule has 0 spiro atoms. The molecule has 0 unspecified atom stereocenters. The van der Waals surface area contributed by atoms with Crippen molar-refractivity contribution in [1.82, 2.24) is 15.6 Å². The van der Waals surface area contributed by atoms with Gasteiger partial charge in [0.1, 0.15) is 11.6 Å². The zero-order chi connectivity index (χ0) is 17.6. The number of hydrogen-bond acceptors (Lipinski definition) is 4. The molecule has 1 aliphatic rings. The van der Waals surface area contributed by atoms with Crippen LogP contribution in [0.3, 0.4) is 0 Å². The Morgan fingerprint density at radius 1 is 1.08 bits per heavy atom. The van der Waals surface area contributed by atoms with Crippen LogP contribution in [-0.4, -0.2) is 31.2 Å². The third kappa shape index (κ3) is 4.55. The highest BCUT2D eigenvalue weighted by molar-refractivity contribution is 5.64. The van der Waals surface area contributed by atoms with Crippen molar-refractivity contribution in [2.45, 2.75) is 44.3 Å². The summed E-state index contributed by atoms with van der Waals surface area (Å²) in [5.41, 5.74) is 2.81. The number of pyridine rings is 1. The first-order valence-electron chi connectivity index (χ1n) is 8.88. The molecule has 25 heavy (non-hydrogen) atoms. The van der Waals surface area contributed by atoms with Crippen LogP contribution < -0.4 is 15.4 Å². The molecule has 1 aromatic heterocycles. The average molecular weight is 343 g/mol. The van der Waals surface area contributed by atoms with E-state index in [-0.39, 0.29) is 5.82 Å². The molecule has 3 rings (SSSR count). The summed E-state index contributed by atoms with van der Waals surface area (Å²) in [5.74, 6) is 0.527. The number of benzene rings is 1. The van der Waals surface area contributed by atoms with Crippen LogP contribution in [0, 0.1) is 5.82 Å². The summed E-state index contributed by atoms with van der Waals surface area (Å²) in [6.45, 7) is 0.745. The van der Waals surface area contributed by atoms with Gasteiger partial charge in [0.2, 0.25) is 0 Å². The van der Waals surface area contributed by atoms with Gasteiger partial charge in [0.15, 0.2) is 0 Å². The summed E-state index contributed by atoms with van der Waals surface area (Å²) in [5, 5.41) is 7.01. The molecule has 2 aromatic rings. The van der Waals surface area contributed by atoms with Gasteiger partial charge in [-0.3, -0.25) is 4.98 Å². The number of hydrogen-bond donors (Lipinski definition) is 2. The quantitative estimate of drug-likeness (QED) is 0.842. The highest BCUT2D eigenvalue weighted by Gasteiger charge is 2.19. The van der Waals surface area contributed by atoms with E-state index in [2.05, 4.69) is 21.7 Å². The van der Waals surface area contributed by atoms with Crippen molar-refractivity contribution in [1.29, 1.82) is 0 Å². The zero-order valence-corrected chi connectivity index (χ0v) is 14.9. The standard InChI is InChI=1S/C20H26FN3O/c1-22-18-4-6-19(7-5-18)24-12-16-9-14(3-8-20(16)25-2)15-10-17(21)13-23-11-15/h3,8-11,13,18-19,22,24H,4-7,12H2,1-2H3. The third-order valence-electron chi connectivity index (χ3n) is 5.04. The van der Waals surface area contributed by atoms with Gasteiger partial charge in [-0.15, -0.1) is 0 Å². The summed E-state index contributed by atoms with van der Waals surface area (Å²) in [4.78, 5) is 3.94. The number of nitrogens with one attached hydrogen (secondary N) is 2. The van der Waals surface area contributed by atoms with Crippen molar-refractivity contribution < 1.29 is 9.13 Å². The minimum absolute atomic E-state index is 0.325. The fourth-order valence-corrected chi connectivity index (χ4v) is 3.51. The molecule has 1 heterocycles. The molecule has 5 heteroatoms. The molecule has 0 aliphatic heterocycles. The van der Waals surface area contributed by atoms with Gasteiger partial charge in [-0.2, -0.15) is 0 Å². The lowest BCUT2D eigenvalue weighted by Gasteiger charge is -2.29. The van der Waals surface area contributed by atoms with Gasteiger partial charge in [-0.05, 0) is 56.5 Å². The average Bonchev–Trinajstić information content (AvgIpc) is 2.66. The molecule has 0 saturated heterocycles. The van der Waals surface area contributed by atoms with Crippen molar-refractivity contribution in [2.24, 2.45) is 0 Å². The lowest BCUT2D eigenvalue weighted by Crippen LogP contribution is -2.38. The van der Waals surface area contributed by atoms with Gasteiger partial charge >= 0.3 is 0 Å². The topological polar surface area (TPSA) is 46.2 Å². The van der Waals surface area contributed by atoms with Gasteiger partial charge in [0, 0.05) is 36.0 Å². The number of methoxy groups -OCH3 is 1. The van der Waals surface area contributed by atoms with E-state index in [1.807, 2.05) is 19.2 Å². The van der Waals surface area contributed by atoms with Crippen molar-refractivity contribution in [3.8, 4) is 16.9 Å². The Morgan fingerprint density at radius 2 is 1.84 bits per heavy atom. The molecule has 134 valence electrons. The van der Waals surface area contributed by atoms with E-state index >= 15 is 0 Å². The lowest BCUT2D eigenvalue weighted by atomic mass is 9.91. The van der Waals surface area contributed by atoms with E-state index in [0.717, 1.165) is 29.0 Å². The smallest absolute Gasteiger partial charge is 0.142 e. The maximum atomic E-state index is 13.4. The van der Waals surface area contributed by atoms with E-state index in [1.165, 1.54) is 37.9 Å². The van der Waals surface area contributed by atoms with Crippen LogP contribution in [0.2, 0.25) is 0 Å². The molecule has 0 amide bonds. The molecule has 1 aromatic carbocycles. The predicted molar refractivity (Wildman–Crippen MR) is 98.1 cm³/mol. The minimum atomic E-state index is -0.325. The van der Waals surface area contributed by atoms with E-state index in [0.29, 0.717) is 12.1 Å². The first-order chi connectivity index (χ1) is 12.2. The van der Waals surface area contributed by atoms with Crippen LogP contribution in [0.25, 0.3) is 11.1 Å². The number of ether oxygens (including phenoxy) is 1. The molecule has 1 fully saturated rings. The number of aromatic nitrogens is 1. The van der Waals surface area contributed by atoms with Crippen molar-refractivity contribution >= 4 is 0 Å². The molecule has 0 radical (unpaired) electrons. The second kappa shape index (κ2) is 8.41. The zero-order valence-electron chi connectivity index (χ0n) is 14.9. The normalized spacial score (nSPS) is 20.4. The SMILES string of the molecule is CNC1CCC(NCc2cc(-c3cncc(F)c3)ccc2OC)CC1. The van der Waals surface area contributed by atoms with E-state index < -0.39 is 0 Å². The van der Waals surface area contributed by atoms with Crippen LogP contribution in [0.1, 0.15) is 31.2 Å². The number of nitrogens with zero attached hydrogens (tertiary/aromatic N) is 1. The van der Waals surface area contributed by atoms with Crippen LogP contribution in [0.15, 0.2) is 36.7 Å². The molecular formula is C20H26FN3O. The van der Waals surface area contributed by atoms with Gasteiger partial charge in [0.25, 0.3) is 0 Å². The molecule has 4 nitrogen and oxygen atoms in total. The number of rotatable bonds is 6. The lowest BCUT2D eigenvalue weighted by molar-refractivity contribution is 0.315. The molecular weight excluding hydrogens is 317 g/mol. The van der Waals surface area contributed by atoms with Gasteiger partial charge in [-0.1, -0.05) is 6.07 Å². The summed E-state index contributed by atoms with van der Waals surface area (Å²) in [6.07, 6.45) is 7.68. The summed E-state index contributed by atoms with van der Waals surface area (Å²) in [7, 11) is 3.72. The second-order valence-corrected chi connectivity index (χ2v) is 6.64. The van der Waals surface area contributed by atoms with Crippen LogP contribution >= 0.6 is 0 Å². The monoisotopic (exact) mass is 343 g/mol. The molecule has 0 atom stereocenters. The van der Waals surface area contributed by atoms with Gasteiger partial charge in [-0.25, -0.2) is 4.39 Å². The molecule has 1 saturated carbocycles. The Morgan fingerprint density at radius 3 is 2.52 bits per heavy atom. The number of halogens is 1. The Labute approximate surface area is 148 Å². The van der Waals surface area contributed by atoms with E-state index in [4.69, 9.17) is 4.74 Å². The summed E-state index contributed by atoms with van der Waals surface area (Å²) >= 11 is 0. The van der Waals surface area contributed by atoms with Crippen molar-refractivity contribution in [3.05, 3.63) is 48.0 Å². The second-order valence-electron chi connectivity index (χ2n) is 6.64. The van der Waals surface area contributed by atoms with Gasteiger partial charge < -0.3 is 15.4 Å². The fraction of sp³-hybridized carbons (Fsp3) is 0.450. The summed E-state index contributed by atoms with van der Waals surface area (Å²) < 4.78 is 18.9. The third-order valence-corrected chi connectivity index (χ3v) is 5.04. The Balaban J connectivity index is 1.70. The molecule has 0 bridgehead atoms. The highest BCUT2D eigenvalue weighted by atomic mass is 19.1. The Bertz CT molecular complexity index is 699.